The summed E-state index contributed by atoms with van der Waals surface area (Å²) >= 11 is 0. The number of carbonyl (C=O) groups excluding carboxylic acids is 1. The number of methoxy groups -OCH3 is 2. The molecule has 2 aromatic carbocycles. The number of benzene rings is 2. The minimum atomic E-state index is -0.455. The first-order chi connectivity index (χ1) is 13.5. The highest BCUT2D eigenvalue weighted by atomic mass is 16.5. The number of hydrogen-bond donors (Lipinski definition) is 2. The van der Waals surface area contributed by atoms with Crippen molar-refractivity contribution in [3.63, 3.8) is 0 Å². The molecule has 6 nitrogen and oxygen atoms in total. The number of amides is 1. The molecule has 2 aromatic rings. The Morgan fingerprint density at radius 3 is 2.46 bits per heavy atom. The van der Waals surface area contributed by atoms with Crippen molar-refractivity contribution < 1.29 is 14.3 Å². The molecule has 0 aliphatic carbocycles. The molecule has 0 radical (unpaired) electrons. The van der Waals surface area contributed by atoms with Crippen LogP contribution >= 0.6 is 0 Å². The number of nitrogens with zero attached hydrogens (tertiary/aromatic N) is 1. The number of anilines is 1. The number of nitriles is 1. The first-order valence-electron chi connectivity index (χ1n) is 9.00. The fourth-order valence-corrected chi connectivity index (χ4v) is 2.63. The topological polar surface area (TPSA) is 83.4 Å². The highest BCUT2D eigenvalue weighted by Gasteiger charge is 2.14. The molecule has 0 spiro atoms. The number of ether oxygens (including phenoxy) is 2. The number of hydrogen-bond acceptors (Lipinski definition) is 5. The van der Waals surface area contributed by atoms with E-state index in [0.29, 0.717) is 17.2 Å². The van der Waals surface area contributed by atoms with Crippen molar-refractivity contribution in [2.45, 2.75) is 26.3 Å². The second kappa shape index (κ2) is 10.0. The summed E-state index contributed by atoms with van der Waals surface area (Å²) in [6.45, 7) is 3.97. The average Bonchev–Trinajstić information content (AvgIpc) is 2.73. The number of rotatable bonds is 8. The van der Waals surface area contributed by atoms with Gasteiger partial charge in [-0.1, -0.05) is 31.2 Å². The third-order valence-electron chi connectivity index (χ3n) is 4.38. The van der Waals surface area contributed by atoms with Gasteiger partial charge in [-0.15, -0.1) is 0 Å². The Bertz CT molecular complexity index is 883. The van der Waals surface area contributed by atoms with E-state index in [1.807, 2.05) is 37.3 Å². The van der Waals surface area contributed by atoms with Crippen molar-refractivity contribution in [1.29, 1.82) is 5.26 Å². The summed E-state index contributed by atoms with van der Waals surface area (Å²) in [7, 11) is 3.10. The van der Waals surface area contributed by atoms with Crippen LogP contribution in [-0.2, 0) is 11.2 Å². The van der Waals surface area contributed by atoms with Crippen LogP contribution in [0.3, 0.4) is 0 Å². The van der Waals surface area contributed by atoms with E-state index in [1.54, 1.807) is 32.4 Å². The normalized spacial score (nSPS) is 11.9. The summed E-state index contributed by atoms with van der Waals surface area (Å²) in [6.07, 6.45) is 2.32. The largest absolute Gasteiger partial charge is 0.497 e. The van der Waals surface area contributed by atoms with Gasteiger partial charge in [0.05, 0.1) is 25.9 Å². The lowest BCUT2D eigenvalue weighted by atomic mass is 10.0. The zero-order valence-electron chi connectivity index (χ0n) is 16.6. The lowest BCUT2D eigenvalue weighted by Gasteiger charge is -2.15. The van der Waals surface area contributed by atoms with Gasteiger partial charge in [0.1, 0.15) is 23.1 Å². The predicted molar refractivity (Wildman–Crippen MR) is 109 cm³/mol. The Labute approximate surface area is 165 Å². The molecule has 1 atom stereocenters. The zero-order valence-corrected chi connectivity index (χ0v) is 16.6. The smallest absolute Gasteiger partial charge is 0.263 e. The molecule has 1 unspecified atom stereocenters. The van der Waals surface area contributed by atoms with E-state index in [1.165, 1.54) is 11.8 Å². The van der Waals surface area contributed by atoms with Gasteiger partial charge >= 0.3 is 0 Å². The molecule has 2 N–H and O–H groups in total. The molecule has 146 valence electrons. The molecule has 0 heterocycles. The van der Waals surface area contributed by atoms with E-state index in [2.05, 4.69) is 17.6 Å². The van der Waals surface area contributed by atoms with Crippen molar-refractivity contribution in [2.24, 2.45) is 0 Å². The molecule has 2 rings (SSSR count). The minimum absolute atomic E-state index is 0.0399. The van der Waals surface area contributed by atoms with E-state index in [0.717, 1.165) is 12.0 Å². The van der Waals surface area contributed by atoms with Crippen LogP contribution < -0.4 is 20.1 Å². The molecule has 0 aliphatic heterocycles. The van der Waals surface area contributed by atoms with Crippen molar-refractivity contribution in [3.05, 3.63) is 65.4 Å². The molecular formula is C22H25N3O3. The molecule has 6 heteroatoms. The van der Waals surface area contributed by atoms with Gasteiger partial charge in [-0.3, -0.25) is 4.79 Å². The summed E-state index contributed by atoms with van der Waals surface area (Å²) in [4.78, 5) is 12.5. The van der Waals surface area contributed by atoms with Crippen LogP contribution in [0.1, 0.15) is 31.0 Å². The van der Waals surface area contributed by atoms with Crippen LogP contribution in [0.2, 0.25) is 0 Å². The van der Waals surface area contributed by atoms with Crippen LogP contribution in [0.5, 0.6) is 11.5 Å². The van der Waals surface area contributed by atoms with E-state index in [-0.39, 0.29) is 11.6 Å². The average molecular weight is 379 g/mol. The lowest BCUT2D eigenvalue weighted by molar-refractivity contribution is -0.117. The Morgan fingerprint density at radius 2 is 1.89 bits per heavy atom. The van der Waals surface area contributed by atoms with Crippen molar-refractivity contribution in [3.8, 4) is 17.6 Å². The van der Waals surface area contributed by atoms with Crippen molar-refractivity contribution >= 4 is 11.6 Å². The van der Waals surface area contributed by atoms with Gasteiger partial charge in [0.15, 0.2) is 0 Å². The summed E-state index contributed by atoms with van der Waals surface area (Å²) in [6, 6.07) is 15.0. The first kappa shape index (κ1) is 20.8. The minimum Gasteiger partial charge on any atom is -0.497 e. The predicted octanol–water partition coefficient (Wildman–Crippen LogP) is 3.96. The second-order valence-electron chi connectivity index (χ2n) is 6.17. The molecule has 0 bridgehead atoms. The van der Waals surface area contributed by atoms with E-state index < -0.39 is 5.91 Å². The highest BCUT2D eigenvalue weighted by Crippen LogP contribution is 2.29. The van der Waals surface area contributed by atoms with E-state index >= 15 is 0 Å². The molecule has 28 heavy (non-hydrogen) atoms. The number of aryl methyl sites for hydroxylation is 1. The second-order valence-corrected chi connectivity index (χ2v) is 6.17. The number of carbonyl (C=O) groups is 1. The fourth-order valence-electron chi connectivity index (χ4n) is 2.63. The lowest BCUT2D eigenvalue weighted by Crippen LogP contribution is -2.28. The van der Waals surface area contributed by atoms with Gasteiger partial charge in [0, 0.05) is 12.3 Å². The quantitative estimate of drug-likeness (QED) is 0.536. The van der Waals surface area contributed by atoms with E-state index in [4.69, 9.17) is 9.47 Å². The van der Waals surface area contributed by atoms with Crippen LogP contribution in [0.15, 0.2) is 54.2 Å². The summed E-state index contributed by atoms with van der Waals surface area (Å²) in [5.74, 6) is 0.742. The Hall–Kier alpha value is -3.46. The first-order valence-corrected chi connectivity index (χ1v) is 9.00. The van der Waals surface area contributed by atoms with Crippen LogP contribution in [0.25, 0.3) is 0 Å². The van der Waals surface area contributed by atoms with Gasteiger partial charge in [0.2, 0.25) is 0 Å². The standard InChI is InChI=1S/C22H25N3O3/c1-5-16-6-8-17(9-7-16)15(2)25-22(26)18(13-23)14-24-20-12-19(27-3)10-11-21(20)28-4/h6-12,14-15,24H,5H2,1-4H3,(H,25,26)/b18-14-. The zero-order chi connectivity index (χ0) is 20.5. The molecule has 0 aromatic heterocycles. The maximum absolute atomic E-state index is 12.5. The van der Waals surface area contributed by atoms with Crippen molar-refractivity contribution in [2.75, 3.05) is 19.5 Å². The summed E-state index contributed by atoms with van der Waals surface area (Å²) in [5, 5.41) is 15.2. The monoisotopic (exact) mass is 379 g/mol. The SMILES string of the molecule is CCc1ccc(C(C)NC(=O)/C(C#N)=C\Nc2cc(OC)ccc2OC)cc1. The Kier molecular flexibility index (Phi) is 7.46. The maximum Gasteiger partial charge on any atom is 0.263 e. The highest BCUT2D eigenvalue weighted by molar-refractivity contribution is 5.97. The summed E-state index contributed by atoms with van der Waals surface area (Å²) < 4.78 is 10.5. The van der Waals surface area contributed by atoms with Gasteiger partial charge < -0.3 is 20.1 Å². The molecule has 0 saturated carbocycles. The summed E-state index contributed by atoms with van der Waals surface area (Å²) in [5.41, 5.74) is 2.76. The van der Waals surface area contributed by atoms with Crippen molar-refractivity contribution in [1.82, 2.24) is 5.32 Å². The number of nitrogens with one attached hydrogen (secondary N) is 2. The van der Waals surface area contributed by atoms with Crippen LogP contribution in [0, 0.1) is 11.3 Å². The van der Waals surface area contributed by atoms with Gasteiger partial charge in [-0.05, 0) is 36.6 Å². The van der Waals surface area contributed by atoms with Gasteiger partial charge in [0.25, 0.3) is 5.91 Å². The fraction of sp³-hybridized carbons (Fsp3) is 0.273. The Balaban J connectivity index is 2.11. The molecule has 0 aliphatic rings. The third-order valence-corrected chi connectivity index (χ3v) is 4.38. The van der Waals surface area contributed by atoms with Crippen LogP contribution in [-0.4, -0.2) is 20.1 Å². The van der Waals surface area contributed by atoms with E-state index in [9.17, 15) is 10.1 Å². The maximum atomic E-state index is 12.5. The molecular weight excluding hydrogens is 354 g/mol. The molecule has 0 fully saturated rings. The third kappa shape index (κ3) is 5.27. The molecule has 0 saturated heterocycles. The van der Waals surface area contributed by atoms with Crippen LogP contribution in [0.4, 0.5) is 5.69 Å². The Morgan fingerprint density at radius 1 is 1.18 bits per heavy atom. The van der Waals surface area contributed by atoms with Gasteiger partial charge in [-0.2, -0.15) is 5.26 Å². The molecule has 1 amide bonds. The van der Waals surface area contributed by atoms with Gasteiger partial charge in [-0.25, -0.2) is 0 Å².